The Morgan fingerprint density at radius 3 is 2.67 bits per heavy atom. The fourth-order valence-electron chi connectivity index (χ4n) is 1.30. The molecule has 4 heteroatoms. The Bertz CT molecular complexity index is 301. The molecule has 1 unspecified atom stereocenters. The van der Waals surface area contributed by atoms with Gasteiger partial charge in [0.15, 0.2) is 0 Å². The van der Waals surface area contributed by atoms with Crippen LogP contribution in [0.1, 0.15) is 26.3 Å². The van der Waals surface area contributed by atoms with E-state index >= 15 is 0 Å². The summed E-state index contributed by atoms with van der Waals surface area (Å²) in [6, 6.07) is 0.221. The van der Waals surface area contributed by atoms with Crippen molar-refractivity contribution < 1.29 is 0 Å². The summed E-state index contributed by atoms with van der Waals surface area (Å²) in [5, 5.41) is 4.13. The summed E-state index contributed by atoms with van der Waals surface area (Å²) in [4.78, 5) is 0. The van der Waals surface area contributed by atoms with Gasteiger partial charge in [-0.25, -0.2) is 0 Å². The third kappa shape index (κ3) is 5.23. The molecule has 0 amide bonds. The number of nitrogens with zero attached hydrogens (tertiary/aromatic N) is 2. The van der Waals surface area contributed by atoms with E-state index in [1.807, 2.05) is 35.9 Å². The minimum atomic E-state index is 0.221. The van der Waals surface area contributed by atoms with Crippen molar-refractivity contribution in [3.63, 3.8) is 0 Å². The first kappa shape index (κ1) is 12.6. The molecule has 86 valence electrons. The van der Waals surface area contributed by atoms with Gasteiger partial charge in [-0.15, -0.1) is 0 Å². The third-order valence-corrected chi connectivity index (χ3v) is 3.45. The fourth-order valence-corrected chi connectivity index (χ4v) is 2.13. The number of aryl methyl sites for hydroxylation is 1. The Hall–Kier alpha value is -0.480. The molecule has 0 bridgehead atoms. The normalized spacial score (nSPS) is 14.2. The Kier molecular flexibility index (Phi) is 4.22. The van der Waals surface area contributed by atoms with E-state index in [-0.39, 0.29) is 6.04 Å². The Morgan fingerprint density at radius 1 is 1.53 bits per heavy atom. The maximum atomic E-state index is 6.06. The molecule has 3 nitrogen and oxygen atoms in total. The summed E-state index contributed by atoms with van der Waals surface area (Å²) in [6.45, 7) is 6.65. The molecule has 0 aliphatic carbocycles. The lowest BCUT2D eigenvalue weighted by Crippen LogP contribution is -2.27. The van der Waals surface area contributed by atoms with Gasteiger partial charge in [0, 0.05) is 29.8 Å². The minimum Gasteiger partial charge on any atom is -0.327 e. The average molecular weight is 227 g/mol. The van der Waals surface area contributed by atoms with Crippen LogP contribution in [0.15, 0.2) is 12.4 Å². The Labute approximate surface area is 96.4 Å². The van der Waals surface area contributed by atoms with Crippen LogP contribution in [0.2, 0.25) is 0 Å². The highest BCUT2D eigenvalue weighted by atomic mass is 32.2. The zero-order valence-corrected chi connectivity index (χ0v) is 10.8. The summed E-state index contributed by atoms with van der Waals surface area (Å²) in [5.74, 6) is 0.998. The second-order valence-corrected chi connectivity index (χ2v) is 6.76. The molecule has 0 saturated carbocycles. The molecule has 2 N–H and O–H groups in total. The lowest BCUT2D eigenvalue weighted by Gasteiger charge is -2.20. The topological polar surface area (TPSA) is 43.8 Å². The second-order valence-electron chi connectivity index (χ2n) is 4.91. The maximum absolute atomic E-state index is 6.06. The summed E-state index contributed by atoms with van der Waals surface area (Å²) in [5.41, 5.74) is 7.29. The minimum absolute atomic E-state index is 0.221. The molecule has 1 aromatic heterocycles. The first-order valence-electron chi connectivity index (χ1n) is 5.24. The number of nitrogens with two attached hydrogens (primary N) is 1. The second kappa shape index (κ2) is 5.03. The molecular weight excluding hydrogens is 206 g/mol. The van der Waals surface area contributed by atoms with Gasteiger partial charge in [0.25, 0.3) is 0 Å². The summed E-state index contributed by atoms with van der Waals surface area (Å²) >= 11 is 1.92. The van der Waals surface area contributed by atoms with Crippen molar-refractivity contribution in [1.82, 2.24) is 9.78 Å². The Morgan fingerprint density at radius 2 is 2.20 bits per heavy atom. The summed E-state index contributed by atoms with van der Waals surface area (Å²) < 4.78 is 2.12. The van der Waals surface area contributed by atoms with Crippen molar-refractivity contribution in [2.24, 2.45) is 12.8 Å². The maximum Gasteiger partial charge on any atom is 0.0522 e. The Balaban J connectivity index is 2.33. The number of hydrogen-bond acceptors (Lipinski definition) is 3. The molecule has 0 aromatic carbocycles. The van der Waals surface area contributed by atoms with Crippen molar-refractivity contribution in [1.29, 1.82) is 0 Å². The van der Waals surface area contributed by atoms with Crippen LogP contribution in [-0.2, 0) is 13.5 Å². The van der Waals surface area contributed by atoms with Gasteiger partial charge in [-0.1, -0.05) is 20.8 Å². The fraction of sp³-hybridized carbons (Fsp3) is 0.727. The monoisotopic (exact) mass is 227 g/mol. The van der Waals surface area contributed by atoms with Crippen molar-refractivity contribution >= 4 is 11.8 Å². The van der Waals surface area contributed by atoms with Crippen LogP contribution >= 0.6 is 11.8 Å². The smallest absolute Gasteiger partial charge is 0.0522 e. The first-order valence-corrected chi connectivity index (χ1v) is 6.22. The van der Waals surface area contributed by atoms with Crippen LogP contribution < -0.4 is 5.73 Å². The predicted molar refractivity (Wildman–Crippen MR) is 67.1 cm³/mol. The van der Waals surface area contributed by atoms with Gasteiger partial charge < -0.3 is 5.73 Å². The third-order valence-electron chi connectivity index (χ3n) is 1.99. The van der Waals surface area contributed by atoms with E-state index < -0.39 is 0 Å². The van der Waals surface area contributed by atoms with Gasteiger partial charge in [0.05, 0.1) is 6.20 Å². The highest BCUT2D eigenvalue weighted by molar-refractivity contribution is 8.00. The first-order chi connectivity index (χ1) is 6.87. The van der Waals surface area contributed by atoms with Gasteiger partial charge >= 0.3 is 0 Å². The van der Waals surface area contributed by atoms with Gasteiger partial charge in [-0.05, 0) is 12.0 Å². The lowest BCUT2D eigenvalue weighted by molar-refractivity contribution is 0.731. The summed E-state index contributed by atoms with van der Waals surface area (Å²) in [7, 11) is 1.93. The SMILES string of the molecule is Cn1cc(CC(N)CSC(C)(C)C)cn1. The van der Waals surface area contributed by atoms with Gasteiger partial charge in [0.2, 0.25) is 0 Å². The van der Waals surface area contributed by atoms with Crippen LogP contribution in [0.3, 0.4) is 0 Å². The van der Waals surface area contributed by atoms with Crippen LogP contribution in [0.25, 0.3) is 0 Å². The van der Waals surface area contributed by atoms with Crippen molar-refractivity contribution in [2.75, 3.05) is 5.75 Å². The standard InChI is InChI=1S/C11H21N3S/c1-11(2,3)15-8-10(12)5-9-6-13-14(4)7-9/h6-7,10H,5,8,12H2,1-4H3. The van der Waals surface area contributed by atoms with Crippen molar-refractivity contribution in [3.8, 4) is 0 Å². The zero-order valence-electron chi connectivity index (χ0n) is 10.0. The van der Waals surface area contributed by atoms with Crippen molar-refractivity contribution in [2.45, 2.75) is 38.0 Å². The molecule has 0 radical (unpaired) electrons. The molecule has 1 aromatic rings. The van der Waals surface area contributed by atoms with Crippen LogP contribution in [0.4, 0.5) is 0 Å². The molecule has 1 heterocycles. The van der Waals surface area contributed by atoms with E-state index in [4.69, 9.17) is 5.73 Å². The molecule has 1 atom stereocenters. The predicted octanol–water partition coefficient (Wildman–Crippen LogP) is 1.82. The average Bonchev–Trinajstić information content (AvgIpc) is 2.47. The molecular formula is C11H21N3S. The number of rotatable bonds is 4. The van der Waals surface area contributed by atoms with E-state index in [0.29, 0.717) is 4.75 Å². The number of hydrogen-bond donors (Lipinski definition) is 1. The van der Waals surface area contributed by atoms with E-state index in [1.165, 1.54) is 5.56 Å². The van der Waals surface area contributed by atoms with Gasteiger partial charge in [-0.3, -0.25) is 4.68 Å². The quantitative estimate of drug-likeness (QED) is 0.853. The largest absolute Gasteiger partial charge is 0.327 e. The highest BCUT2D eigenvalue weighted by Crippen LogP contribution is 2.23. The van der Waals surface area contributed by atoms with Gasteiger partial charge in [0.1, 0.15) is 0 Å². The molecule has 0 saturated heterocycles. The molecule has 15 heavy (non-hydrogen) atoms. The van der Waals surface area contributed by atoms with Crippen LogP contribution in [-0.4, -0.2) is 26.3 Å². The molecule has 0 spiro atoms. The van der Waals surface area contributed by atoms with E-state index in [1.54, 1.807) is 0 Å². The van der Waals surface area contributed by atoms with Crippen molar-refractivity contribution in [3.05, 3.63) is 18.0 Å². The molecule has 0 aliphatic rings. The van der Waals surface area contributed by atoms with Crippen LogP contribution in [0, 0.1) is 0 Å². The number of thioether (sulfide) groups is 1. The highest BCUT2D eigenvalue weighted by Gasteiger charge is 2.13. The lowest BCUT2D eigenvalue weighted by atomic mass is 10.1. The summed E-state index contributed by atoms with van der Waals surface area (Å²) in [6.07, 6.45) is 4.83. The van der Waals surface area contributed by atoms with E-state index in [0.717, 1.165) is 12.2 Å². The molecule has 0 fully saturated rings. The molecule has 1 rings (SSSR count). The molecule has 0 aliphatic heterocycles. The number of aromatic nitrogens is 2. The van der Waals surface area contributed by atoms with E-state index in [2.05, 4.69) is 25.9 Å². The van der Waals surface area contributed by atoms with Crippen LogP contribution in [0.5, 0.6) is 0 Å². The van der Waals surface area contributed by atoms with E-state index in [9.17, 15) is 0 Å². The van der Waals surface area contributed by atoms with Gasteiger partial charge in [-0.2, -0.15) is 16.9 Å². The zero-order chi connectivity index (χ0) is 11.5.